The van der Waals surface area contributed by atoms with Crippen molar-refractivity contribution >= 4 is 17.8 Å². The predicted molar refractivity (Wildman–Crippen MR) is 117 cm³/mol. The summed E-state index contributed by atoms with van der Waals surface area (Å²) in [6, 6.07) is 25.7. The predicted octanol–water partition coefficient (Wildman–Crippen LogP) is 4.96. The Balaban J connectivity index is 1.59. The lowest BCUT2D eigenvalue weighted by molar-refractivity contribution is 0.0955. The highest BCUT2D eigenvalue weighted by Gasteiger charge is 2.05. The highest BCUT2D eigenvalue weighted by molar-refractivity contribution is 5.95. The molecule has 0 aliphatic carbocycles. The van der Waals surface area contributed by atoms with Crippen molar-refractivity contribution in [1.82, 2.24) is 5.43 Å². The Bertz CT molecular complexity index is 912. The lowest BCUT2D eigenvalue weighted by Gasteiger charge is -2.20. The molecular formula is C24H25N3O. The molecule has 3 rings (SSSR count). The van der Waals surface area contributed by atoms with Crippen LogP contribution in [0.1, 0.15) is 29.8 Å². The summed E-state index contributed by atoms with van der Waals surface area (Å²) in [4.78, 5) is 14.6. The Kier molecular flexibility index (Phi) is 6.58. The quantitative estimate of drug-likeness (QED) is 0.471. The molecule has 0 unspecified atom stereocenters. The van der Waals surface area contributed by atoms with Crippen molar-refractivity contribution in [2.45, 2.75) is 13.8 Å². The first-order valence-corrected chi connectivity index (χ1v) is 9.55. The molecule has 0 aromatic heterocycles. The second-order valence-corrected chi connectivity index (χ2v) is 6.41. The van der Waals surface area contributed by atoms with E-state index in [-0.39, 0.29) is 5.91 Å². The first-order chi connectivity index (χ1) is 13.7. The Morgan fingerprint density at radius 1 is 0.857 bits per heavy atom. The second-order valence-electron chi connectivity index (χ2n) is 6.41. The van der Waals surface area contributed by atoms with Gasteiger partial charge in [0.2, 0.25) is 0 Å². The number of hydrogen-bond acceptors (Lipinski definition) is 3. The number of benzene rings is 3. The molecule has 142 valence electrons. The fraction of sp³-hybridized carbons (Fsp3) is 0.167. The molecule has 0 heterocycles. The number of hydrazone groups is 1. The molecule has 0 spiro atoms. The van der Waals surface area contributed by atoms with Gasteiger partial charge in [-0.2, -0.15) is 5.10 Å². The van der Waals surface area contributed by atoms with Gasteiger partial charge in [0.25, 0.3) is 5.91 Å². The van der Waals surface area contributed by atoms with Crippen LogP contribution in [0.4, 0.5) is 5.69 Å². The van der Waals surface area contributed by atoms with Crippen LogP contribution in [0.5, 0.6) is 0 Å². The Hall–Kier alpha value is -3.40. The molecule has 4 nitrogen and oxygen atoms in total. The second kappa shape index (κ2) is 9.51. The Morgan fingerprint density at radius 2 is 1.46 bits per heavy atom. The van der Waals surface area contributed by atoms with Gasteiger partial charge in [-0.15, -0.1) is 0 Å². The van der Waals surface area contributed by atoms with Crippen molar-refractivity contribution in [3.63, 3.8) is 0 Å². The number of amides is 1. The van der Waals surface area contributed by atoms with Gasteiger partial charge >= 0.3 is 0 Å². The van der Waals surface area contributed by atoms with E-state index >= 15 is 0 Å². The number of carbonyl (C=O) groups is 1. The molecule has 0 aliphatic heterocycles. The van der Waals surface area contributed by atoms with E-state index in [2.05, 4.69) is 41.4 Å². The van der Waals surface area contributed by atoms with Gasteiger partial charge in [-0.3, -0.25) is 4.79 Å². The van der Waals surface area contributed by atoms with Crippen molar-refractivity contribution in [1.29, 1.82) is 0 Å². The summed E-state index contributed by atoms with van der Waals surface area (Å²) in [6.07, 6.45) is 1.66. The third-order valence-corrected chi connectivity index (χ3v) is 4.66. The summed E-state index contributed by atoms with van der Waals surface area (Å²) in [6.45, 7) is 6.23. The molecule has 0 fully saturated rings. The number of nitrogens with one attached hydrogen (secondary N) is 1. The van der Waals surface area contributed by atoms with Crippen molar-refractivity contribution in [3.05, 3.63) is 90.0 Å². The zero-order valence-corrected chi connectivity index (χ0v) is 16.3. The third-order valence-electron chi connectivity index (χ3n) is 4.66. The molecule has 3 aromatic rings. The zero-order valence-electron chi connectivity index (χ0n) is 16.3. The highest BCUT2D eigenvalue weighted by Crippen LogP contribution is 2.19. The van der Waals surface area contributed by atoms with E-state index in [0.717, 1.165) is 29.8 Å². The van der Waals surface area contributed by atoms with Crippen LogP contribution >= 0.6 is 0 Å². The van der Waals surface area contributed by atoms with Crippen LogP contribution in [-0.4, -0.2) is 25.2 Å². The first kappa shape index (κ1) is 19.4. The summed E-state index contributed by atoms with van der Waals surface area (Å²) >= 11 is 0. The van der Waals surface area contributed by atoms with Crippen LogP contribution < -0.4 is 10.3 Å². The molecule has 0 atom stereocenters. The van der Waals surface area contributed by atoms with E-state index in [9.17, 15) is 4.79 Å². The van der Waals surface area contributed by atoms with Crippen LogP contribution in [0.3, 0.4) is 0 Å². The molecule has 0 saturated heterocycles. The van der Waals surface area contributed by atoms with Gasteiger partial charge in [0, 0.05) is 24.3 Å². The topological polar surface area (TPSA) is 44.7 Å². The molecule has 0 saturated carbocycles. The summed E-state index contributed by atoms with van der Waals surface area (Å²) < 4.78 is 0. The number of rotatable bonds is 7. The number of carbonyl (C=O) groups excluding carboxylic acids is 1. The van der Waals surface area contributed by atoms with Crippen LogP contribution in [-0.2, 0) is 0 Å². The molecule has 28 heavy (non-hydrogen) atoms. The molecule has 1 N–H and O–H groups in total. The van der Waals surface area contributed by atoms with Gasteiger partial charge < -0.3 is 4.90 Å². The van der Waals surface area contributed by atoms with E-state index in [1.54, 1.807) is 6.21 Å². The smallest absolute Gasteiger partial charge is 0.271 e. The van der Waals surface area contributed by atoms with Gasteiger partial charge in [-0.25, -0.2) is 5.43 Å². The van der Waals surface area contributed by atoms with Crippen LogP contribution in [0, 0.1) is 0 Å². The van der Waals surface area contributed by atoms with Crippen LogP contribution in [0.15, 0.2) is 84.0 Å². The Labute approximate surface area is 166 Å². The van der Waals surface area contributed by atoms with Gasteiger partial charge in [0.1, 0.15) is 0 Å². The van der Waals surface area contributed by atoms with E-state index < -0.39 is 0 Å². The average molecular weight is 371 g/mol. The van der Waals surface area contributed by atoms with E-state index in [1.165, 1.54) is 5.69 Å². The largest absolute Gasteiger partial charge is 0.372 e. The maximum absolute atomic E-state index is 12.3. The standard InChI is InChI=1S/C24H25N3O/c1-3-27(4-2)23-16-10-19(11-17-23)18-25-26-24(28)22-14-12-21(13-15-22)20-8-6-5-7-9-20/h5-18H,3-4H2,1-2H3,(H,26,28)/b25-18-. The summed E-state index contributed by atoms with van der Waals surface area (Å²) in [5.41, 5.74) is 7.49. The van der Waals surface area contributed by atoms with Crippen molar-refractivity contribution < 1.29 is 4.79 Å². The minimum absolute atomic E-state index is 0.226. The summed E-state index contributed by atoms with van der Waals surface area (Å²) in [5, 5.41) is 4.08. The lowest BCUT2D eigenvalue weighted by atomic mass is 10.0. The first-order valence-electron chi connectivity index (χ1n) is 9.55. The molecule has 0 bridgehead atoms. The van der Waals surface area contributed by atoms with Gasteiger partial charge in [-0.05, 0) is 54.8 Å². The molecule has 3 aromatic carbocycles. The molecule has 1 amide bonds. The molecule has 4 heteroatoms. The monoisotopic (exact) mass is 371 g/mol. The van der Waals surface area contributed by atoms with Gasteiger partial charge in [0.15, 0.2) is 0 Å². The maximum atomic E-state index is 12.3. The van der Waals surface area contributed by atoms with E-state index in [0.29, 0.717) is 5.56 Å². The third kappa shape index (κ3) is 4.86. The van der Waals surface area contributed by atoms with Crippen molar-refractivity contribution in [3.8, 4) is 11.1 Å². The van der Waals surface area contributed by atoms with Gasteiger partial charge in [-0.1, -0.05) is 54.6 Å². The summed E-state index contributed by atoms with van der Waals surface area (Å²) in [5.74, 6) is -0.226. The van der Waals surface area contributed by atoms with E-state index in [1.807, 2.05) is 66.7 Å². The van der Waals surface area contributed by atoms with Crippen LogP contribution in [0.2, 0.25) is 0 Å². The molecule has 0 aliphatic rings. The fourth-order valence-corrected chi connectivity index (χ4v) is 3.03. The minimum atomic E-state index is -0.226. The van der Waals surface area contributed by atoms with Gasteiger partial charge in [0.05, 0.1) is 6.21 Å². The zero-order chi connectivity index (χ0) is 19.8. The average Bonchev–Trinajstić information content (AvgIpc) is 2.76. The number of nitrogens with zero attached hydrogens (tertiary/aromatic N) is 2. The number of hydrogen-bond donors (Lipinski definition) is 1. The highest BCUT2D eigenvalue weighted by atomic mass is 16.2. The van der Waals surface area contributed by atoms with Crippen molar-refractivity contribution in [2.75, 3.05) is 18.0 Å². The normalized spacial score (nSPS) is 10.8. The lowest BCUT2D eigenvalue weighted by Crippen LogP contribution is -2.21. The maximum Gasteiger partial charge on any atom is 0.271 e. The van der Waals surface area contributed by atoms with E-state index in [4.69, 9.17) is 0 Å². The SMILES string of the molecule is CCN(CC)c1ccc(/C=N\NC(=O)c2ccc(-c3ccccc3)cc2)cc1. The molecule has 0 radical (unpaired) electrons. The summed E-state index contributed by atoms with van der Waals surface area (Å²) in [7, 11) is 0. The van der Waals surface area contributed by atoms with Crippen molar-refractivity contribution in [2.24, 2.45) is 5.10 Å². The Morgan fingerprint density at radius 3 is 2.07 bits per heavy atom. The minimum Gasteiger partial charge on any atom is -0.372 e. The fourth-order valence-electron chi connectivity index (χ4n) is 3.03. The number of anilines is 1. The van der Waals surface area contributed by atoms with Crippen LogP contribution in [0.25, 0.3) is 11.1 Å². The molecular weight excluding hydrogens is 346 g/mol.